The van der Waals surface area contributed by atoms with Crippen LogP contribution in [0.3, 0.4) is 0 Å². The van der Waals surface area contributed by atoms with Gasteiger partial charge in [0.2, 0.25) is 5.91 Å². The molecule has 0 heterocycles. The Morgan fingerprint density at radius 1 is 1.12 bits per heavy atom. The van der Waals surface area contributed by atoms with Crippen molar-refractivity contribution >= 4 is 23.4 Å². The van der Waals surface area contributed by atoms with Crippen LogP contribution in [0.4, 0.5) is 0 Å². The van der Waals surface area contributed by atoms with E-state index < -0.39 is 6.04 Å². The van der Waals surface area contributed by atoms with Crippen molar-refractivity contribution in [3.05, 3.63) is 70.8 Å². The summed E-state index contributed by atoms with van der Waals surface area (Å²) in [5, 5.41) is 3.43. The highest BCUT2D eigenvalue weighted by atomic mass is 35.5. The molecular formula is C27H33ClN2O4. The lowest BCUT2D eigenvalue weighted by molar-refractivity contribution is -0.142. The van der Waals surface area contributed by atoms with Crippen molar-refractivity contribution in [2.75, 3.05) is 20.3 Å². The van der Waals surface area contributed by atoms with E-state index in [0.717, 1.165) is 30.6 Å². The quantitative estimate of drug-likeness (QED) is 0.448. The Labute approximate surface area is 206 Å². The van der Waals surface area contributed by atoms with Crippen LogP contribution in [0.2, 0.25) is 5.02 Å². The van der Waals surface area contributed by atoms with Gasteiger partial charge in [-0.2, -0.15) is 0 Å². The van der Waals surface area contributed by atoms with Gasteiger partial charge in [0.25, 0.3) is 5.91 Å². The lowest BCUT2D eigenvalue weighted by atomic mass is 9.97. The Hall–Kier alpha value is -2.99. The van der Waals surface area contributed by atoms with Gasteiger partial charge in [-0.15, -0.1) is 0 Å². The molecular weight excluding hydrogens is 452 g/mol. The van der Waals surface area contributed by atoms with E-state index in [1.54, 1.807) is 38.3 Å². The van der Waals surface area contributed by atoms with Crippen LogP contribution in [0.5, 0.6) is 11.5 Å². The number of allylic oxidation sites excluding steroid dienone is 1. The molecule has 0 radical (unpaired) electrons. The average Bonchev–Trinajstić information content (AvgIpc) is 2.87. The first-order chi connectivity index (χ1) is 16.5. The van der Waals surface area contributed by atoms with Crippen molar-refractivity contribution in [3.63, 3.8) is 0 Å². The maximum atomic E-state index is 13.2. The molecule has 0 spiro atoms. The van der Waals surface area contributed by atoms with Crippen LogP contribution in [0.15, 0.2) is 60.2 Å². The number of hydrogen-bond acceptors (Lipinski definition) is 4. The van der Waals surface area contributed by atoms with Gasteiger partial charge in [-0.05, 0) is 68.9 Å². The van der Waals surface area contributed by atoms with Gasteiger partial charge in [0.05, 0.1) is 12.1 Å². The predicted octanol–water partition coefficient (Wildman–Crippen LogP) is 5.15. The number of para-hydroxylation sites is 1. The van der Waals surface area contributed by atoms with Gasteiger partial charge in [0.1, 0.15) is 17.5 Å². The van der Waals surface area contributed by atoms with Crippen LogP contribution in [-0.2, 0) is 16.1 Å². The smallest absolute Gasteiger partial charge is 0.261 e. The zero-order valence-electron chi connectivity index (χ0n) is 19.9. The molecule has 3 rings (SSSR count). The number of carbonyl (C=O) groups excluding carboxylic acids is 2. The molecule has 0 aliphatic heterocycles. The molecule has 6 nitrogen and oxygen atoms in total. The Morgan fingerprint density at radius 2 is 1.88 bits per heavy atom. The van der Waals surface area contributed by atoms with E-state index in [0.29, 0.717) is 17.3 Å². The van der Waals surface area contributed by atoms with E-state index >= 15 is 0 Å². The summed E-state index contributed by atoms with van der Waals surface area (Å²) in [6.45, 7) is 2.36. The van der Waals surface area contributed by atoms with Gasteiger partial charge in [-0.3, -0.25) is 9.59 Å². The van der Waals surface area contributed by atoms with Crippen LogP contribution >= 0.6 is 11.6 Å². The lowest BCUT2D eigenvalue weighted by Gasteiger charge is -2.29. The normalized spacial score (nSPS) is 14.0. The molecule has 1 N–H and O–H groups in total. The van der Waals surface area contributed by atoms with E-state index in [9.17, 15) is 9.59 Å². The number of benzene rings is 2. The van der Waals surface area contributed by atoms with Crippen molar-refractivity contribution in [1.82, 2.24) is 10.2 Å². The number of hydrogen-bond donors (Lipinski definition) is 1. The summed E-state index contributed by atoms with van der Waals surface area (Å²) < 4.78 is 10.9. The number of ether oxygens (including phenoxy) is 2. The lowest BCUT2D eigenvalue weighted by Crippen LogP contribution is -2.49. The summed E-state index contributed by atoms with van der Waals surface area (Å²) in [5.41, 5.74) is 2.29. The Bertz CT molecular complexity index is 990. The molecule has 0 unspecified atom stereocenters. The standard InChI is InChI=1S/C27H33ClN2O4/c1-20(27(32)29-17-16-21-8-4-3-5-9-21)30(18-22-12-14-23(33-2)15-13-22)26(31)19-34-25-11-7-6-10-24(25)28/h6-8,10-15,20H,3-5,9,16-19H2,1-2H3,(H,29,32)/t20-/m1/s1. The molecule has 0 saturated carbocycles. The average molecular weight is 485 g/mol. The summed E-state index contributed by atoms with van der Waals surface area (Å²) in [6, 6.07) is 13.8. The molecule has 1 aliphatic carbocycles. The van der Waals surface area contributed by atoms with Crippen LogP contribution < -0.4 is 14.8 Å². The molecule has 1 aliphatic rings. The van der Waals surface area contributed by atoms with Crippen LogP contribution in [0.1, 0.15) is 44.6 Å². The molecule has 0 saturated heterocycles. The fourth-order valence-electron chi connectivity index (χ4n) is 3.92. The molecule has 182 valence electrons. The highest BCUT2D eigenvalue weighted by Crippen LogP contribution is 2.23. The molecule has 1 atom stereocenters. The van der Waals surface area contributed by atoms with E-state index in [-0.39, 0.29) is 25.0 Å². The largest absolute Gasteiger partial charge is 0.497 e. The van der Waals surface area contributed by atoms with Crippen LogP contribution in [0.25, 0.3) is 0 Å². The van der Waals surface area contributed by atoms with Crippen molar-refractivity contribution in [2.24, 2.45) is 0 Å². The van der Waals surface area contributed by atoms with E-state index in [4.69, 9.17) is 21.1 Å². The predicted molar refractivity (Wildman–Crippen MR) is 134 cm³/mol. The van der Waals surface area contributed by atoms with Crippen LogP contribution in [-0.4, -0.2) is 43.0 Å². The number of amides is 2. The van der Waals surface area contributed by atoms with Gasteiger partial charge in [0.15, 0.2) is 6.61 Å². The van der Waals surface area contributed by atoms with E-state index in [1.807, 2.05) is 24.3 Å². The summed E-state index contributed by atoms with van der Waals surface area (Å²) in [4.78, 5) is 27.6. The highest BCUT2D eigenvalue weighted by Gasteiger charge is 2.26. The number of halogens is 1. The van der Waals surface area contributed by atoms with E-state index in [1.165, 1.54) is 23.3 Å². The SMILES string of the molecule is COc1ccc(CN(C(=O)COc2ccccc2Cl)[C@H](C)C(=O)NCCC2=CCCCC2)cc1. The maximum absolute atomic E-state index is 13.2. The number of nitrogens with zero attached hydrogens (tertiary/aromatic N) is 1. The van der Waals surface area contributed by atoms with Gasteiger partial charge in [-0.25, -0.2) is 0 Å². The first-order valence-electron chi connectivity index (χ1n) is 11.7. The van der Waals surface area contributed by atoms with Gasteiger partial charge < -0.3 is 19.7 Å². The topological polar surface area (TPSA) is 67.9 Å². The molecule has 34 heavy (non-hydrogen) atoms. The second-order valence-electron chi connectivity index (χ2n) is 8.41. The van der Waals surface area contributed by atoms with Gasteiger partial charge in [-0.1, -0.05) is 47.5 Å². The third-order valence-corrected chi connectivity index (χ3v) is 6.31. The zero-order chi connectivity index (χ0) is 24.3. The van der Waals surface area contributed by atoms with E-state index in [2.05, 4.69) is 11.4 Å². The first kappa shape index (κ1) is 25.6. The second-order valence-corrected chi connectivity index (χ2v) is 8.82. The third kappa shape index (κ3) is 7.52. The Balaban J connectivity index is 1.65. The highest BCUT2D eigenvalue weighted by molar-refractivity contribution is 6.32. The fraction of sp³-hybridized carbons (Fsp3) is 0.407. The zero-order valence-corrected chi connectivity index (χ0v) is 20.6. The van der Waals surface area contributed by atoms with Crippen LogP contribution in [0, 0.1) is 0 Å². The molecule has 2 aromatic rings. The Kier molecular flexibility index (Phi) is 9.83. The summed E-state index contributed by atoms with van der Waals surface area (Å²) in [5.74, 6) is 0.677. The summed E-state index contributed by atoms with van der Waals surface area (Å²) >= 11 is 6.15. The maximum Gasteiger partial charge on any atom is 0.261 e. The van der Waals surface area contributed by atoms with Crippen molar-refractivity contribution < 1.29 is 19.1 Å². The minimum absolute atomic E-state index is 0.184. The third-order valence-electron chi connectivity index (χ3n) is 6.00. The molecule has 0 fully saturated rings. The van der Waals surface area contributed by atoms with Crippen molar-refractivity contribution in [1.29, 1.82) is 0 Å². The number of carbonyl (C=O) groups is 2. The molecule has 2 amide bonds. The van der Waals surface area contributed by atoms with Gasteiger partial charge >= 0.3 is 0 Å². The van der Waals surface area contributed by atoms with Gasteiger partial charge in [0, 0.05) is 13.1 Å². The molecule has 7 heteroatoms. The first-order valence-corrected chi connectivity index (χ1v) is 12.1. The number of nitrogens with one attached hydrogen (secondary N) is 1. The number of methoxy groups -OCH3 is 1. The second kappa shape index (κ2) is 13.0. The minimum atomic E-state index is -0.662. The molecule has 2 aromatic carbocycles. The van der Waals surface area contributed by atoms with Crippen molar-refractivity contribution in [3.8, 4) is 11.5 Å². The monoisotopic (exact) mass is 484 g/mol. The molecule has 0 aromatic heterocycles. The summed E-state index contributed by atoms with van der Waals surface area (Å²) in [6.07, 6.45) is 7.81. The van der Waals surface area contributed by atoms with Crippen molar-refractivity contribution in [2.45, 2.75) is 51.6 Å². The summed E-state index contributed by atoms with van der Waals surface area (Å²) in [7, 11) is 1.60. The Morgan fingerprint density at radius 3 is 2.56 bits per heavy atom. The fourth-order valence-corrected chi connectivity index (χ4v) is 4.11. The number of rotatable bonds is 11. The molecule has 0 bridgehead atoms. The minimum Gasteiger partial charge on any atom is -0.497 e.